The van der Waals surface area contributed by atoms with Crippen LogP contribution >= 0.6 is 11.3 Å². The highest BCUT2D eigenvalue weighted by molar-refractivity contribution is 7.13. The van der Waals surface area contributed by atoms with Crippen molar-refractivity contribution >= 4 is 28.7 Å². The van der Waals surface area contributed by atoms with Crippen LogP contribution in [0.25, 0.3) is 0 Å². The number of hydrazone groups is 1. The van der Waals surface area contributed by atoms with Crippen LogP contribution in [0.3, 0.4) is 0 Å². The van der Waals surface area contributed by atoms with E-state index in [0.29, 0.717) is 17.4 Å². The standard InChI is InChI=1S/C21H19F2N3O3S/c1-2-28-20(27)10-18-13-30-21(25-18)26-24-11-14-3-5-15(6-4-14)12-29-19-8-16(22)7-17(23)9-19/h3-9,11,13H,2,10,12H2,1H3,(H,25,26). The van der Waals surface area contributed by atoms with Crippen LogP contribution in [0.4, 0.5) is 13.9 Å². The molecule has 0 aliphatic heterocycles. The zero-order chi connectivity index (χ0) is 21.3. The maximum Gasteiger partial charge on any atom is 0.311 e. The molecule has 0 saturated carbocycles. The van der Waals surface area contributed by atoms with Crippen molar-refractivity contribution in [2.45, 2.75) is 20.0 Å². The van der Waals surface area contributed by atoms with Gasteiger partial charge in [0.1, 0.15) is 24.0 Å². The second-order valence-corrected chi connectivity index (χ2v) is 6.99. The van der Waals surface area contributed by atoms with Crippen molar-refractivity contribution in [1.29, 1.82) is 0 Å². The fourth-order valence-electron chi connectivity index (χ4n) is 2.44. The number of anilines is 1. The summed E-state index contributed by atoms with van der Waals surface area (Å²) < 4.78 is 36.6. The summed E-state index contributed by atoms with van der Waals surface area (Å²) in [5.41, 5.74) is 5.12. The minimum atomic E-state index is -0.683. The average molecular weight is 431 g/mol. The Morgan fingerprint density at radius 2 is 1.93 bits per heavy atom. The molecule has 0 aliphatic carbocycles. The number of benzene rings is 2. The van der Waals surface area contributed by atoms with Gasteiger partial charge in [-0.25, -0.2) is 13.8 Å². The van der Waals surface area contributed by atoms with Crippen LogP contribution in [-0.4, -0.2) is 23.8 Å². The van der Waals surface area contributed by atoms with E-state index in [2.05, 4.69) is 15.5 Å². The maximum atomic E-state index is 13.2. The number of esters is 1. The minimum Gasteiger partial charge on any atom is -0.489 e. The Labute approximate surface area is 176 Å². The Hall–Kier alpha value is -3.33. The molecule has 0 fully saturated rings. The number of nitrogens with zero attached hydrogens (tertiary/aromatic N) is 2. The van der Waals surface area contributed by atoms with Gasteiger partial charge in [0.2, 0.25) is 5.13 Å². The highest BCUT2D eigenvalue weighted by Crippen LogP contribution is 2.18. The van der Waals surface area contributed by atoms with Crippen molar-refractivity contribution in [2.24, 2.45) is 5.10 Å². The van der Waals surface area contributed by atoms with Gasteiger partial charge in [-0.15, -0.1) is 11.3 Å². The lowest BCUT2D eigenvalue weighted by Crippen LogP contribution is -2.07. The second kappa shape index (κ2) is 10.4. The number of nitrogens with one attached hydrogen (secondary N) is 1. The Bertz CT molecular complexity index is 1000. The van der Waals surface area contributed by atoms with Crippen molar-refractivity contribution in [1.82, 2.24) is 4.98 Å². The molecule has 156 valence electrons. The van der Waals surface area contributed by atoms with Gasteiger partial charge in [0.05, 0.1) is 24.9 Å². The van der Waals surface area contributed by atoms with E-state index in [1.165, 1.54) is 11.3 Å². The summed E-state index contributed by atoms with van der Waals surface area (Å²) >= 11 is 1.34. The van der Waals surface area contributed by atoms with Crippen molar-refractivity contribution in [3.63, 3.8) is 0 Å². The summed E-state index contributed by atoms with van der Waals surface area (Å²) in [5.74, 6) is -1.55. The van der Waals surface area contributed by atoms with Gasteiger partial charge in [-0.2, -0.15) is 5.10 Å². The molecule has 0 amide bonds. The number of carbonyl (C=O) groups is 1. The number of hydrogen-bond donors (Lipinski definition) is 1. The topological polar surface area (TPSA) is 72.8 Å². The van der Waals surface area contributed by atoms with Crippen molar-refractivity contribution < 1.29 is 23.0 Å². The molecule has 0 spiro atoms. The lowest BCUT2D eigenvalue weighted by Gasteiger charge is -2.07. The van der Waals surface area contributed by atoms with Crippen LogP contribution in [-0.2, 0) is 22.6 Å². The fraction of sp³-hybridized carbons (Fsp3) is 0.190. The molecule has 1 aromatic heterocycles. The SMILES string of the molecule is CCOC(=O)Cc1csc(NN=Cc2ccc(COc3cc(F)cc(F)c3)cc2)n1. The monoisotopic (exact) mass is 431 g/mol. The predicted octanol–water partition coefficient (Wildman–Crippen LogP) is 4.55. The lowest BCUT2D eigenvalue weighted by atomic mass is 10.1. The van der Waals surface area contributed by atoms with E-state index in [1.807, 2.05) is 24.3 Å². The molecule has 9 heteroatoms. The fourth-order valence-corrected chi connectivity index (χ4v) is 3.10. The predicted molar refractivity (Wildman–Crippen MR) is 111 cm³/mol. The van der Waals surface area contributed by atoms with E-state index in [0.717, 1.165) is 29.3 Å². The zero-order valence-corrected chi connectivity index (χ0v) is 16.9. The molecule has 0 saturated heterocycles. The molecule has 30 heavy (non-hydrogen) atoms. The molecule has 0 radical (unpaired) electrons. The molecule has 0 atom stereocenters. The lowest BCUT2D eigenvalue weighted by molar-refractivity contribution is -0.142. The summed E-state index contributed by atoms with van der Waals surface area (Å²) in [7, 11) is 0. The van der Waals surface area contributed by atoms with Crippen molar-refractivity contribution in [3.8, 4) is 5.75 Å². The Kier molecular flexibility index (Phi) is 7.45. The number of rotatable bonds is 9. The summed E-state index contributed by atoms with van der Waals surface area (Å²) in [6, 6.07) is 10.4. The first kappa shape index (κ1) is 21.4. The van der Waals surface area contributed by atoms with E-state index in [4.69, 9.17) is 9.47 Å². The Balaban J connectivity index is 1.48. The highest BCUT2D eigenvalue weighted by Gasteiger charge is 2.08. The molecule has 0 unspecified atom stereocenters. The molecule has 3 rings (SSSR count). The van der Waals surface area contributed by atoms with E-state index >= 15 is 0 Å². The zero-order valence-electron chi connectivity index (χ0n) is 16.1. The maximum absolute atomic E-state index is 13.2. The van der Waals surface area contributed by atoms with Crippen LogP contribution in [0.2, 0.25) is 0 Å². The number of thiazole rings is 1. The number of aromatic nitrogens is 1. The largest absolute Gasteiger partial charge is 0.489 e. The number of carbonyl (C=O) groups excluding carboxylic acids is 1. The molecular weight excluding hydrogens is 412 g/mol. The molecular formula is C21H19F2N3O3S. The summed E-state index contributed by atoms with van der Waals surface area (Å²) in [6.45, 7) is 2.28. The van der Waals surface area contributed by atoms with Crippen molar-refractivity contribution in [2.75, 3.05) is 12.0 Å². The van der Waals surface area contributed by atoms with Crippen LogP contribution in [0.15, 0.2) is 52.9 Å². The first-order chi connectivity index (χ1) is 14.5. The van der Waals surface area contributed by atoms with Gasteiger partial charge in [0.15, 0.2) is 0 Å². The Morgan fingerprint density at radius 1 is 1.20 bits per heavy atom. The summed E-state index contributed by atoms with van der Waals surface area (Å²) in [4.78, 5) is 15.7. The smallest absolute Gasteiger partial charge is 0.311 e. The molecule has 1 N–H and O–H groups in total. The molecule has 6 nitrogen and oxygen atoms in total. The molecule has 1 heterocycles. The molecule has 0 bridgehead atoms. The van der Waals surface area contributed by atoms with E-state index in [1.54, 1.807) is 18.5 Å². The number of halogens is 2. The van der Waals surface area contributed by atoms with Crippen molar-refractivity contribution in [3.05, 3.63) is 76.3 Å². The first-order valence-corrected chi connectivity index (χ1v) is 9.96. The van der Waals surface area contributed by atoms with Crippen LogP contribution in [0.5, 0.6) is 5.75 Å². The van der Waals surface area contributed by atoms with Gasteiger partial charge in [-0.1, -0.05) is 24.3 Å². The van der Waals surface area contributed by atoms with Gasteiger partial charge in [0.25, 0.3) is 0 Å². The molecule has 3 aromatic rings. The quantitative estimate of drug-likeness (QED) is 0.306. The van der Waals surface area contributed by atoms with Crippen LogP contribution in [0.1, 0.15) is 23.7 Å². The van der Waals surface area contributed by atoms with E-state index < -0.39 is 11.6 Å². The van der Waals surface area contributed by atoms with Crippen LogP contribution < -0.4 is 10.2 Å². The molecule has 0 aliphatic rings. The normalized spacial score (nSPS) is 10.9. The number of hydrogen-bond acceptors (Lipinski definition) is 7. The third-order valence-electron chi connectivity index (χ3n) is 3.78. The molecule has 2 aromatic carbocycles. The summed E-state index contributed by atoms with van der Waals surface area (Å²) in [6.07, 6.45) is 1.75. The van der Waals surface area contributed by atoms with Gasteiger partial charge < -0.3 is 9.47 Å². The second-order valence-electron chi connectivity index (χ2n) is 6.13. The third-order valence-corrected chi connectivity index (χ3v) is 4.57. The van der Waals surface area contributed by atoms with Gasteiger partial charge in [0, 0.05) is 23.6 Å². The van der Waals surface area contributed by atoms with Gasteiger partial charge >= 0.3 is 5.97 Å². The Morgan fingerprint density at radius 3 is 2.63 bits per heavy atom. The number of ether oxygens (including phenoxy) is 2. The average Bonchev–Trinajstić information content (AvgIpc) is 3.14. The highest BCUT2D eigenvalue weighted by atomic mass is 32.1. The first-order valence-electron chi connectivity index (χ1n) is 9.09. The van der Waals surface area contributed by atoms with Crippen LogP contribution in [0, 0.1) is 11.6 Å². The summed E-state index contributed by atoms with van der Waals surface area (Å²) in [5, 5.41) is 6.46. The van der Waals surface area contributed by atoms with Gasteiger partial charge in [-0.3, -0.25) is 10.2 Å². The third kappa shape index (κ3) is 6.63. The van der Waals surface area contributed by atoms with E-state index in [9.17, 15) is 13.6 Å². The van der Waals surface area contributed by atoms with E-state index in [-0.39, 0.29) is 24.7 Å². The van der Waals surface area contributed by atoms with Gasteiger partial charge in [-0.05, 0) is 18.1 Å². The minimum absolute atomic E-state index is 0.127.